The number of fused-ring (bicyclic) bond motifs is 1. The SMILES string of the molecule is Cc1ccc(C)c(OCCCCn2c(CCNC(=O)COc3ccccc3)nc3ccccc32)c1. The predicted octanol–water partition coefficient (Wildman–Crippen LogP) is 5.25. The molecule has 1 N–H and O–H groups in total. The summed E-state index contributed by atoms with van der Waals surface area (Å²) in [5.74, 6) is 2.49. The van der Waals surface area contributed by atoms with Gasteiger partial charge in [-0.1, -0.05) is 42.5 Å². The molecular formula is C29H33N3O3. The third-order valence-corrected chi connectivity index (χ3v) is 5.89. The number of aromatic nitrogens is 2. The molecule has 0 aliphatic heterocycles. The molecule has 3 aromatic carbocycles. The second-order valence-corrected chi connectivity index (χ2v) is 8.69. The maximum Gasteiger partial charge on any atom is 0.257 e. The van der Waals surface area contributed by atoms with E-state index in [1.165, 1.54) is 5.56 Å². The molecule has 1 amide bonds. The highest BCUT2D eigenvalue weighted by atomic mass is 16.5. The summed E-state index contributed by atoms with van der Waals surface area (Å²) < 4.78 is 13.8. The van der Waals surface area contributed by atoms with Crippen LogP contribution < -0.4 is 14.8 Å². The van der Waals surface area contributed by atoms with Crippen molar-refractivity contribution in [2.45, 2.75) is 39.7 Å². The van der Waals surface area contributed by atoms with E-state index < -0.39 is 0 Å². The fourth-order valence-corrected chi connectivity index (χ4v) is 4.01. The zero-order chi connectivity index (χ0) is 24.5. The van der Waals surface area contributed by atoms with Gasteiger partial charge in [-0.15, -0.1) is 0 Å². The number of rotatable bonds is 12. The van der Waals surface area contributed by atoms with Crippen LogP contribution in [0.25, 0.3) is 11.0 Å². The molecule has 0 saturated heterocycles. The minimum Gasteiger partial charge on any atom is -0.493 e. The van der Waals surface area contributed by atoms with E-state index in [1.54, 1.807) is 0 Å². The molecule has 0 bridgehead atoms. The number of para-hydroxylation sites is 3. The third-order valence-electron chi connectivity index (χ3n) is 5.89. The van der Waals surface area contributed by atoms with E-state index in [2.05, 4.69) is 48.0 Å². The van der Waals surface area contributed by atoms with Crippen molar-refractivity contribution < 1.29 is 14.3 Å². The van der Waals surface area contributed by atoms with Crippen molar-refractivity contribution in [1.82, 2.24) is 14.9 Å². The summed E-state index contributed by atoms with van der Waals surface area (Å²) in [5, 5.41) is 2.94. The van der Waals surface area contributed by atoms with E-state index in [-0.39, 0.29) is 12.5 Å². The van der Waals surface area contributed by atoms with Crippen LogP contribution in [0, 0.1) is 13.8 Å². The summed E-state index contributed by atoms with van der Waals surface area (Å²) in [5.41, 5.74) is 4.47. The second-order valence-electron chi connectivity index (χ2n) is 8.69. The van der Waals surface area contributed by atoms with Gasteiger partial charge in [0.05, 0.1) is 17.6 Å². The highest BCUT2D eigenvalue weighted by Crippen LogP contribution is 2.20. The first-order chi connectivity index (χ1) is 17.1. The van der Waals surface area contributed by atoms with E-state index in [9.17, 15) is 4.79 Å². The minimum absolute atomic E-state index is 0.000836. The van der Waals surface area contributed by atoms with Gasteiger partial charge in [0, 0.05) is 19.5 Å². The lowest BCUT2D eigenvalue weighted by Gasteiger charge is -2.12. The predicted molar refractivity (Wildman–Crippen MR) is 139 cm³/mol. The highest BCUT2D eigenvalue weighted by Gasteiger charge is 2.11. The van der Waals surface area contributed by atoms with Crippen molar-refractivity contribution in [2.24, 2.45) is 0 Å². The number of aryl methyl sites for hydroxylation is 3. The summed E-state index contributed by atoms with van der Waals surface area (Å²) in [7, 11) is 0. The molecule has 1 heterocycles. The first kappa shape index (κ1) is 24.3. The molecule has 1 aromatic heterocycles. The molecule has 6 nitrogen and oxygen atoms in total. The van der Waals surface area contributed by atoms with Gasteiger partial charge in [0.15, 0.2) is 6.61 Å². The molecule has 0 spiro atoms. The Bertz CT molecular complexity index is 1250. The number of nitrogens with zero attached hydrogens (tertiary/aromatic N) is 2. The number of amides is 1. The topological polar surface area (TPSA) is 65.4 Å². The quantitative estimate of drug-likeness (QED) is 0.287. The maximum atomic E-state index is 12.2. The Labute approximate surface area is 206 Å². The Balaban J connectivity index is 1.28. The van der Waals surface area contributed by atoms with Crippen molar-refractivity contribution in [1.29, 1.82) is 0 Å². The molecule has 0 aliphatic rings. The molecule has 0 aliphatic carbocycles. The fourth-order valence-electron chi connectivity index (χ4n) is 4.01. The Kier molecular flexibility index (Phi) is 8.39. The second kappa shape index (κ2) is 12.1. The number of imidazole rings is 1. The number of ether oxygens (including phenoxy) is 2. The average molecular weight is 472 g/mol. The van der Waals surface area contributed by atoms with Crippen molar-refractivity contribution in [3.63, 3.8) is 0 Å². The number of hydrogen-bond donors (Lipinski definition) is 1. The van der Waals surface area contributed by atoms with Crippen LogP contribution in [0.5, 0.6) is 11.5 Å². The fraction of sp³-hybridized carbons (Fsp3) is 0.310. The summed E-state index contributed by atoms with van der Waals surface area (Å²) in [6.45, 7) is 6.21. The monoisotopic (exact) mass is 471 g/mol. The van der Waals surface area contributed by atoms with Gasteiger partial charge in [-0.05, 0) is 68.1 Å². The van der Waals surface area contributed by atoms with E-state index in [4.69, 9.17) is 14.5 Å². The molecule has 182 valence electrons. The highest BCUT2D eigenvalue weighted by molar-refractivity contribution is 5.77. The van der Waals surface area contributed by atoms with Gasteiger partial charge in [-0.3, -0.25) is 4.79 Å². The van der Waals surface area contributed by atoms with Crippen LogP contribution in [0.3, 0.4) is 0 Å². The molecule has 35 heavy (non-hydrogen) atoms. The summed E-state index contributed by atoms with van der Waals surface area (Å²) in [4.78, 5) is 17.0. The number of benzene rings is 3. The zero-order valence-electron chi connectivity index (χ0n) is 20.5. The average Bonchev–Trinajstić information content (AvgIpc) is 3.22. The van der Waals surface area contributed by atoms with Crippen LogP contribution in [-0.4, -0.2) is 35.2 Å². The Morgan fingerprint density at radius 3 is 2.60 bits per heavy atom. The zero-order valence-corrected chi connectivity index (χ0v) is 20.5. The van der Waals surface area contributed by atoms with Crippen LogP contribution in [0.4, 0.5) is 0 Å². The molecule has 4 aromatic rings. The number of unbranched alkanes of at least 4 members (excludes halogenated alkanes) is 1. The van der Waals surface area contributed by atoms with Gasteiger partial charge in [-0.2, -0.15) is 0 Å². The van der Waals surface area contributed by atoms with Crippen molar-refractivity contribution >= 4 is 16.9 Å². The largest absolute Gasteiger partial charge is 0.493 e. The van der Waals surface area contributed by atoms with Gasteiger partial charge in [0.2, 0.25) is 0 Å². The van der Waals surface area contributed by atoms with Crippen LogP contribution in [0.15, 0.2) is 72.8 Å². The maximum absolute atomic E-state index is 12.2. The number of carbonyl (C=O) groups is 1. The van der Waals surface area contributed by atoms with Crippen LogP contribution >= 0.6 is 0 Å². The standard InChI is InChI=1S/C29H33N3O3/c1-22-14-15-23(2)27(20-22)34-19-9-8-18-32-26-13-7-6-12-25(26)31-28(32)16-17-30-29(33)21-35-24-10-4-3-5-11-24/h3-7,10-15,20H,8-9,16-19,21H2,1-2H3,(H,30,33). The van der Waals surface area contributed by atoms with Crippen LogP contribution in [0.2, 0.25) is 0 Å². The molecule has 4 rings (SSSR count). The summed E-state index contributed by atoms with van der Waals surface area (Å²) >= 11 is 0. The normalized spacial score (nSPS) is 10.9. The van der Waals surface area contributed by atoms with Crippen LogP contribution in [0.1, 0.15) is 29.8 Å². The van der Waals surface area contributed by atoms with E-state index in [0.717, 1.165) is 47.6 Å². The molecule has 0 unspecified atom stereocenters. The van der Waals surface area contributed by atoms with Gasteiger partial charge in [0.25, 0.3) is 5.91 Å². The van der Waals surface area contributed by atoms with Crippen molar-refractivity contribution in [2.75, 3.05) is 19.8 Å². The first-order valence-corrected chi connectivity index (χ1v) is 12.2. The Morgan fingerprint density at radius 1 is 0.943 bits per heavy atom. The van der Waals surface area contributed by atoms with Crippen LogP contribution in [-0.2, 0) is 17.8 Å². The number of hydrogen-bond acceptors (Lipinski definition) is 4. The molecule has 0 fully saturated rings. The van der Waals surface area contributed by atoms with E-state index in [1.807, 2.05) is 48.5 Å². The van der Waals surface area contributed by atoms with Gasteiger partial charge >= 0.3 is 0 Å². The van der Waals surface area contributed by atoms with Gasteiger partial charge < -0.3 is 19.4 Å². The lowest BCUT2D eigenvalue weighted by Crippen LogP contribution is -2.31. The lowest BCUT2D eigenvalue weighted by molar-refractivity contribution is -0.123. The first-order valence-electron chi connectivity index (χ1n) is 12.2. The molecule has 0 atom stereocenters. The molecular weight excluding hydrogens is 438 g/mol. The summed E-state index contributed by atoms with van der Waals surface area (Å²) in [6, 6.07) is 23.8. The van der Waals surface area contributed by atoms with E-state index >= 15 is 0 Å². The Hall–Kier alpha value is -3.80. The van der Waals surface area contributed by atoms with Crippen molar-refractivity contribution in [3.05, 3.63) is 89.7 Å². The smallest absolute Gasteiger partial charge is 0.257 e. The summed E-state index contributed by atoms with van der Waals surface area (Å²) in [6.07, 6.45) is 2.59. The van der Waals surface area contributed by atoms with Crippen molar-refractivity contribution in [3.8, 4) is 11.5 Å². The third kappa shape index (κ3) is 6.85. The Morgan fingerprint density at radius 2 is 1.74 bits per heavy atom. The number of nitrogens with one attached hydrogen (secondary N) is 1. The van der Waals surface area contributed by atoms with Gasteiger partial charge in [0.1, 0.15) is 17.3 Å². The molecule has 0 radical (unpaired) electrons. The number of carbonyl (C=O) groups excluding carboxylic acids is 1. The van der Waals surface area contributed by atoms with E-state index in [0.29, 0.717) is 25.3 Å². The minimum atomic E-state index is -0.139. The van der Waals surface area contributed by atoms with Gasteiger partial charge in [-0.25, -0.2) is 4.98 Å². The molecule has 0 saturated carbocycles. The lowest BCUT2D eigenvalue weighted by atomic mass is 10.1. The molecule has 6 heteroatoms.